The lowest BCUT2D eigenvalue weighted by Crippen LogP contribution is -2.14. The van der Waals surface area contributed by atoms with Crippen LogP contribution in [0.5, 0.6) is 0 Å². The van der Waals surface area contributed by atoms with E-state index in [1.165, 1.54) is 146 Å². The average Bonchev–Trinajstić information content (AvgIpc) is 1.45. The van der Waals surface area contributed by atoms with Crippen LogP contribution in [-0.4, -0.2) is 68.1 Å². The highest BCUT2D eigenvalue weighted by Crippen LogP contribution is 2.75. The molecule has 0 saturated heterocycles. The van der Waals surface area contributed by atoms with Gasteiger partial charge in [-0.15, -0.1) is 0 Å². The third-order valence-corrected chi connectivity index (χ3v) is 27.7. The third kappa shape index (κ3) is 17.1. The second-order valence-corrected chi connectivity index (χ2v) is 35.5. The number of aliphatic hydroxyl groups is 1. The van der Waals surface area contributed by atoms with Crippen molar-refractivity contribution in [3.05, 3.63) is 192 Å². The molecule has 17 nitrogen and oxygen atoms in total. The summed E-state index contributed by atoms with van der Waals surface area (Å²) in [6.45, 7) is 1.31. The maximum absolute atomic E-state index is 11.9. The average molecular weight is 1470 g/mol. The zero-order valence-electron chi connectivity index (χ0n) is 62.0. The number of fused-ring (bicyclic) bond motifs is 4. The Morgan fingerprint density at radius 1 is 0.275 bits per heavy atom. The zero-order chi connectivity index (χ0) is 75.9. The number of benzene rings is 8. The fourth-order valence-corrected chi connectivity index (χ4v) is 17.4. The molecule has 24 rings (SSSR count). The molecule has 8 spiro atoms. The van der Waals surface area contributed by atoms with Crippen LogP contribution in [0.2, 0.25) is 0 Å². The molecule has 8 aromatic carbocycles. The quantitative estimate of drug-likeness (QED) is 0.0411. The van der Waals surface area contributed by atoms with Gasteiger partial charge in [-0.3, -0.25) is 38.4 Å². The highest BCUT2D eigenvalue weighted by Gasteiger charge is 2.71. The predicted octanol–water partition coefficient (Wildman–Crippen LogP) is 16.5. The van der Waals surface area contributed by atoms with Gasteiger partial charge in [0.05, 0.1) is 42.1 Å². The van der Waals surface area contributed by atoms with Gasteiger partial charge >= 0.3 is 35.8 Å². The number of hydrogen-bond acceptors (Lipinski definition) is 12. The molecule has 2 amide bonds. The standard InChI is InChI=1S/3C17H16O2.C11H10O.2C6H9NO.3C6H8O2/c3*18-16(15-10-17(15)7-8-17)19-11-12-5-6-13-3-1-2-4-14(13)9-12;12-8-9-5-6-10-3-1-2-4-11(10)7-9;5*7-5(8)4-3-6(4)1-2-6/h3*1-6,9,15H,7-8,10-11H2;1-7,12H,8H2;2*4H,1-3H2,(H2,7,8);3*4H,1-3H2,(H,7,8). The van der Waals surface area contributed by atoms with Crippen LogP contribution in [0.25, 0.3) is 43.1 Å². The molecule has 0 radical (unpaired) electrons. The molecule has 17 heteroatoms. The van der Waals surface area contributed by atoms with Crippen molar-refractivity contribution in [2.24, 2.45) is 102 Å². The smallest absolute Gasteiger partial charge is 0.309 e. The maximum atomic E-state index is 11.9. The summed E-state index contributed by atoms with van der Waals surface area (Å²) in [5.41, 5.74) is 17.4. The number of primary amides is 2. The molecule has 0 heterocycles. The minimum Gasteiger partial charge on any atom is -0.481 e. The predicted molar refractivity (Wildman–Crippen MR) is 411 cm³/mol. The number of ether oxygens (including phenoxy) is 3. The Balaban J connectivity index is 0.0000000958. The number of carboxylic acid groups (broad SMARTS) is 3. The summed E-state index contributed by atoms with van der Waals surface area (Å²) < 4.78 is 16.3. The van der Waals surface area contributed by atoms with Gasteiger partial charge in [-0.2, -0.15) is 0 Å². The Bertz CT molecular complexity index is 4420. The Morgan fingerprint density at radius 2 is 0.468 bits per heavy atom. The summed E-state index contributed by atoms with van der Waals surface area (Å²) in [6, 6.07) is 57.5. The van der Waals surface area contributed by atoms with Crippen LogP contribution < -0.4 is 11.5 Å². The summed E-state index contributed by atoms with van der Waals surface area (Å²) in [6.07, 6.45) is 27.6. The largest absolute Gasteiger partial charge is 0.481 e. The number of carbonyl (C=O) groups excluding carboxylic acids is 5. The summed E-state index contributed by atoms with van der Waals surface area (Å²) in [5, 5.41) is 43.8. The van der Waals surface area contributed by atoms with Crippen LogP contribution in [0.1, 0.15) is 176 Å². The van der Waals surface area contributed by atoms with Crippen molar-refractivity contribution in [3.8, 4) is 0 Å². The first-order valence-corrected chi connectivity index (χ1v) is 39.7. The Morgan fingerprint density at radius 3 is 0.642 bits per heavy atom. The molecular weight excluding hydrogens is 1370 g/mol. The van der Waals surface area contributed by atoms with E-state index in [0.717, 1.165) is 73.6 Å². The second-order valence-electron chi connectivity index (χ2n) is 35.5. The zero-order valence-corrected chi connectivity index (χ0v) is 62.0. The highest BCUT2D eigenvalue weighted by molar-refractivity contribution is 5.87. The van der Waals surface area contributed by atoms with Gasteiger partial charge in [0.15, 0.2) is 0 Å². The minimum absolute atomic E-state index is 0.00524. The van der Waals surface area contributed by atoms with Crippen LogP contribution >= 0.6 is 0 Å². The number of rotatable bonds is 15. The molecule has 8 unspecified atom stereocenters. The van der Waals surface area contributed by atoms with Crippen LogP contribution in [-0.2, 0) is 79.0 Å². The number of amides is 2. The van der Waals surface area contributed by atoms with Crippen molar-refractivity contribution in [1.29, 1.82) is 0 Å². The van der Waals surface area contributed by atoms with E-state index >= 15 is 0 Å². The molecule has 0 aliphatic heterocycles. The van der Waals surface area contributed by atoms with Crippen molar-refractivity contribution in [3.63, 3.8) is 0 Å². The van der Waals surface area contributed by atoms with Crippen molar-refractivity contribution >= 4 is 90.7 Å². The first kappa shape index (κ1) is 73.7. The van der Waals surface area contributed by atoms with Gasteiger partial charge in [-0.25, -0.2) is 0 Å². The van der Waals surface area contributed by atoms with E-state index in [1.807, 2.05) is 84.9 Å². The maximum Gasteiger partial charge on any atom is 0.309 e. The van der Waals surface area contributed by atoms with Gasteiger partial charge in [-0.1, -0.05) is 146 Å². The van der Waals surface area contributed by atoms with Crippen LogP contribution in [0.15, 0.2) is 170 Å². The first-order chi connectivity index (χ1) is 52.4. The number of carbonyl (C=O) groups is 8. The van der Waals surface area contributed by atoms with E-state index in [2.05, 4.69) is 84.9 Å². The summed E-state index contributed by atoms with van der Waals surface area (Å²) >= 11 is 0. The second kappa shape index (κ2) is 28.4. The van der Waals surface area contributed by atoms with Gasteiger partial charge in [0.2, 0.25) is 11.8 Å². The molecule has 8 atom stereocenters. The van der Waals surface area contributed by atoms with Gasteiger partial charge in [0.25, 0.3) is 0 Å². The lowest BCUT2D eigenvalue weighted by atomic mass is 10.1. The summed E-state index contributed by atoms with van der Waals surface area (Å²) in [4.78, 5) is 87.2. The number of aliphatic carboxylic acids is 3. The molecule has 16 saturated carbocycles. The number of esters is 3. The first-order valence-electron chi connectivity index (χ1n) is 39.7. The van der Waals surface area contributed by atoms with Crippen molar-refractivity contribution in [1.82, 2.24) is 0 Å². The van der Waals surface area contributed by atoms with E-state index in [-0.39, 0.29) is 83.7 Å². The van der Waals surface area contributed by atoms with Gasteiger partial charge in [0.1, 0.15) is 19.8 Å². The van der Waals surface area contributed by atoms with Crippen molar-refractivity contribution in [2.45, 2.75) is 181 Å². The topological polar surface area (TPSA) is 297 Å². The van der Waals surface area contributed by atoms with Gasteiger partial charge in [-0.05, 0) is 287 Å². The van der Waals surface area contributed by atoms with Crippen molar-refractivity contribution in [2.75, 3.05) is 0 Å². The Labute approximate surface area is 635 Å². The summed E-state index contributed by atoms with van der Waals surface area (Å²) in [7, 11) is 0. The van der Waals surface area contributed by atoms with Crippen molar-refractivity contribution < 1.29 is 73.0 Å². The lowest BCUT2D eigenvalue weighted by Gasteiger charge is -2.06. The molecule has 109 heavy (non-hydrogen) atoms. The van der Waals surface area contributed by atoms with E-state index in [1.54, 1.807) is 0 Å². The SMILES string of the molecule is NC(=O)C1CC12CC2.NC(=O)C1CC12CC2.O=C(O)C1CC12CC2.O=C(O)C1CC12CC2.O=C(O)C1CC12CC2.O=C(OCc1ccc2ccccc2c1)C1CC12CC2.O=C(OCc1ccc2ccccc2c1)C1CC12CC2.O=C(OCc1ccc2ccccc2c1)C1CC12CC2.OCc1ccc2ccccc2c1. The minimum atomic E-state index is -0.581. The Kier molecular flexibility index (Phi) is 19.2. The number of aliphatic hydroxyl groups excluding tert-OH is 1. The molecule has 0 aromatic heterocycles. The molecule has 0 bridgehead atoms. The van der Waals surface area contributed by atoms with E-state index in [0.29, 0.717) is 63.1 Å². The molecule has 16 aliphatic carbocycles. The lowest BCUT2D eigenvalue weighted by molar-refractivity contribution is -0.147. The molecule has 568 valence electrons. The molecule has 8 aromatic rings. The van der Waals surface area contributed by atoms with Gasteiger partial charge in [0, 0.05) is 11.8 Å². The van der Waals surface area contributed by atoms with Gasteiger partial charge < -0.3 is 46.1 Å². The fraction of sp³-hybridized carbons (Fsp3) is 0.478. The van der Waals surface area contributed by atoms with E-state index < -0.39 is 17.9 Å². The third-order valence-electron chi connectivity index (χ3n) is 27.7. The highest BCUT2D eigenvalue weighted by atomic mass is 16.5. The Hall–Kier alpha value is -9.48. The molecule has 8 N–H and O–H groups in total. The summed E-state index contributed by atoms with van der Waals surface area (Å²) in [5.74, 6) is -0.620. The fourth-order valence-electron chi connectivity index (χ4n) is 17.4. The molecule has 16 aliphatic rings. The normalized spacial score (nSPS) is 26.5. The van der Waals surface area contributed by atoms with E-state index in [4.69, 9.17) is 46.1 Å². The van der Waals surface area contributed by atoms with Crippen LogP contribution in [0.3, 0.4) is 0 Å². The van der Waals surface area contributed by atoms with Crippen LogP contribution in [0.4, 0.5) is 0 Å². The molecular formula is C92H100N2O15. The number of nitrogens with two attached hydrogens (primary N) is 2. The van der Waals surface area contributed by atoms with Crippen LogP contribution in [0, 0.1) is 90.7 Å². The molecule has 16 fully saturated rings. The number of hydrogen-bond donors (Lipinski definition) is 6. The van der Waals surface area contributed by atoms with E-state index in [9.17, 15) is 38.4 Å². The number of carboxylic acids is 3. The monoisotopic (exact) mass is 1470 g/mol.